The number of hydrogen-bond acceptors (Lipinski definition) is 3. The molecule has 1 aromatic heterocycles. The van der Waals surface area contributed by atoms with E-state index in [0.29, 0.717) is 17.1 Å². The van der Waals surface area contributed by atoms with E-state index in [4.69, 9.17) is 4.42 Å². The molecule has 134 valence electrons. The molecule has 0 fully saturated rings. The van der Waals surface area contributed by atoms with Crippen molar-refractivity contribution in [3.05, 3.63) is 59.9 Å². The molecule has 0 aliphatic carbocycles. The van der Waals surface area contributed by atoms with Crippen LogP contribution in [0.4, 0.5) is 16.2 Å². The summed E-state index contributed by atoms with van der Waals surface area (Å²) in [6, 6.07) is 14.3. The van der Waals surface area contributed by atoms with Gasteiger partial charge in [0.1, 0.15) is 11.3 Å². The van der Waals surface area contributed by atoms with Crippen LogP contribution in [0.15, 0.2) is 52.9 Å². The number of furan rings is 1. The predicted octanol–water partition coefficient (Wildman–Crippen LogP) is 4.58. The van der Waals surface area contributed by atoms with Crippen LogP contribution in [-0.2, 0) is 4.79 Å². The van der Waals surface area contributed by atoms with Gasteiger partial charge < -0.3 is 20.4 Å². The largest absolute Gasteiger partial charge is 0.459 e. The van der Waals surface area contributed by atoms with E-state index in [1.54, 1.807) is 12.1 Å². The molecule has 0 radical (unpaired) electrons. The van der Waals surface area contributed by atoms with E-state index >= 15 is 0 Å². The van der Waals surface area contributed by atoms with Crippen molar-refractivity contribution in [2.75, 3.05) is 10.6 Å². The van der Waals surface area contributed by atoms with Crippen molar-refractivity contribution in [3.63, 3.8) is 0 Å². The molecule has 3 N–H and O–H groups in total. The van der Waals surface area contributed by atoms with Crippen molar-refractivity contribution in [2.45, 2.75) is 26.8 Å². The van der Waals surface area contributed by atoms with Gasteiger partial charge in [0.05, 0.1) is 6.04 Å². The van der Waals surface area contributed by atoms with Gasteiger partial charge in [0.15, 0.2) is 0 Å². The Kier molecular flexibility index (Phi) is 4.93. The third-order valence-electron chi connectivity index (χ3n) is 4.03. The summed E-state index contributed by atoms with van der Waals surface area (Å²) in [5.74, 6) is 0.521. The lowest BCUT2D eigenvalue weighted by Crippen LogP contribution is -2.31. The Balaban J connectivity index is 1.69. The number of aryl methyl sites for hydroxylation is 1. The number of urea groups is 1. The van der Waals surface area contributed by atoms with Crippen LogP contribution in [0.1, 0.15) is 31.2 Å². The number of benzene rings is 2. The van der Waals surface area contributed by atoms with Gasteiger partial charge in [-0.1, -0.05) is 24.3 Å². The summed E-state index contributed by atoms with van der Waals surface area (Å²) in [6.07, 6.45) is 0. The molecular formula is C20H21N3O3. The Labute approximate surface area is 151 Å². The minimum Gasteiger partial charge on any atom is -0.459 e. The van der Waals surface area contributed by atoms with Crippen molar-refractivity contribution in [1.29, 1.82) is 0 Å². The second kappa shape index (κ2) is 7.31. The Hall–Kier alpha value is -3.28. The van der Waals surface area contributed by atoms with Crippen LogP contribution in [0.3, 0.4) is 0 Å². The summed E-state index contributed by atoms with van der Waals surface area (Å²) in [4.78, 5) is 23.5. The third kappa shape index (κ3) is 4.03. The minimum atomic E-state index is -0.346. The van der Waals surface area contributed by atoms with E-state index in [2.05, 4.69) is 16.0 Å². The minimum absolute atomic E-state index is 0.164. The van der Waals surface area contributed by atoms with Crippen LogP contribution in [0, 0.1) is 6.92 Å². The number of para-hydroxylation sites is 1. The topological polar surface area (TPSA) is 83.4 Å². The van der Waals surface area contributed by atoms with Gasteiger partial charge in [-0.3, -0.25) is 4.79 Å². The van der Waals surface area contributed by atoms with Crippen LogP contribution in [-0.4, -0.2) is 11.9 Å². The summed E-state index contributed by atoms with van der Waals surface area (Å²) >= 11 is 0. The van der Waals surface area contributed by atoms with Crippen LogP contribution in [0.2, 0.25) is 0 Å². The molecule has 1 atom stereocenters. The molecule has 0 spiro atoms. The van der Waals surface area contributed by atoms with Crippen LogP contribution in [0.25, 0.3) is 11.0 Å². The summed E-state index contributed by atoms with van der Waals surface area (Å²) in [7, 11) is 0. The fraction of sp³-hybridized carbons (Fsp3) is 0.200. The summed E-state index contributed by atoms with van der Waals surface area (Å²) in [6.45, 7) is 5.18. The Morgan fingerprint density at radius 2 is 1.81 bits per heavy atom. The van der Waals surface area contributed by atoms with E-state index in [1.807, 2.05) is 50.2 Å². The average Bonchev–Trinajstić information content (AvgIpc) is 3.01. The average molecular weight is 351 g/mol. The SMILES string of the molecule is CC(=O)Nc1ccc(C)c(NC(=O)N[C@@H](C)c2cc3ccccc3o2)c1. The molecule has 6 nitrogen and oxygen atoms in total. The number of carbonyl (C=O) groups excluding carboxylic acids is 2. The normalized spacial score (nSPS) is 11.8. The van der Waals surface area contributed by atoms with E-state index in [1.165, 1.54) is 6.92 Å². The Morgan fingerprint density at radius 1 is 1.04 bits per heavy atom. The van der Waals surface area contributed by atoms with Crippen molar-refractivity contribution < 1.29 is 14.0 Å². The highest BCUT2D eigenvalue weighted by atomic mass is 16.3. The van der Waals surface area contributed by atoms with Crippen LogP contribution < -0.4 is 16.0 Å². The number of amides is 3. The summed E-state index contributed by atoms with van der Waals surface area (Å²) in [5.41, 5.74) is 2.94. The number of anilines is 2. The molecule has 6 heteroatoms. The number of hydrogen-bond donors (Lipinski definition) is 3. The van der Waals surface area contributed by atoms with Crippen LogP contribution >= 0.6 is 0 Å². The zero-order valence-corrected chi connectivity index (χ0v) is 14.9. The number of rotatable bonds is 4. The molecule has 0 unspecified atom stereocenters. The second-order valence-electron chi connectivity index (χ2n) is 6.22. The zero-order valence-electron chi connectivity index (χ0n) is 14.9. The van der Waals surface area contributed by atoms with Gasteiger partial charge in [-0.25, -0.2) is 4.79 Å². The second-order valence-corrected chi connectivity index (χ2v) is 6.22. The number of fused-ring (bicyclic) bond motifs is 1. The van der Waals surface area contributed by atoms with Crippen molar-refractivity contribution >= 4 is 34.3 Å². The van der Waals surface area contributed by atoms with Gasteiger partial charge in [0.2, 0.25) is 5.91 Å². The van der Waals surface area contributed by atoms with Gasteiger partial charge in [-0.2, -0.15) is 0 Å². The first-order valence-electron chi connectivity index (χ1n) is 8.36. The molecule has 3 amide bonds. The van der Waals surface area contributed by atoms with Crippen molar-refractivity contribution in [1.82, 2.24) is 5.32 Å². The smallest absolute Gasteiger partial charge is 0.319 e. The lowest BCUT2D eigenvalue weighted by molar-refractivity contribution is -0.114. The van der Waals surface area contributed by atoms with Gasteiger partial charge in [-0.05, 0) is 43.7 Å². The summed E-state index contributed by atoms with van der Waals surface area (Å²) in [5, 5.41) is 9.37. The molecule has 0 aliphatic heterocycles. The maximum absolute atomic E-state index is 12.3. The first-order valence-corrected chi connectivity index (χ1v) is 8.36. The maximum atomic E-state index is 12.3. The standard InChI is InChI=1S/C20H21N3O3/c1-12-8-9-16(22-14(3)24)11-17(12)23-20(25)21-13(2)19-10-15-6-4-5-7-18(15)26-19/h4-11,13H,1-3H3,(H,22,24)(H2,21,23,25)/t13-/m0/s1. The van der Waals surface area contributed by atoms with Gasteiger partial charge in [0, 0.05) is 23.7 Å². The molecule has 26 heavy (non-hydrogen) atoms. The Bertz CT molecular complexity index is 929. The molecule has 3 aromatic rings. The first kappa shape index (κ1) is 17.5. The molecule has 0 bridgehead atoms. The van der Waals surface area contributed by atoms with E-state index < -0.39 is 0 Å². The first-order chi connectivity index (χ1) is 12.4. The van der Waals surface area contributed by atoms with Crippen molar-refractivity contribution in [2.24, 2.45) is 0 Å². The predicted molar refractivity (Wildman–Crippen MR) is 102 cm³/mol. The third-order valence-corrected chi connectivity index (χ3v) is 4.03. The molecule has 1 heterocycles. The molecule has 2 aromatic carbocycles. The molecule has 0 aliphatic rings. The molecule has 0 saturated heterocycles. The van der Waals surface area contributed by atoms with E-state index in [-0.39, 0.29) is 18.0 Å². The highest BCUT2D eigenvalue weighted by Crippen LogP contribution is 2.24. The van der Waals surface area contributed by atoms with Gasteiger partial charge >= 0.3 is 6.03 Å². The highest BCUT2D eigenvalue weighted by Gasteiger charge is 2.15. The fourth-order valence-electron chi connectivity index (χ4n) is 2.68. The zero-order chi connectivity index (χ0) is 18.7. The molecular weight excluding hydrogens is 330 g/mol. The fourth-order valence-corrected chi connectivity index (χ4v) is 2.68. The number of carbonyl (C=O) groups is 2. The monoisotopic (exact) mass is 351 g/mol. The van der Waals surface area contributed by atoms with Gasteiger partial charge in [0.25, 0.3) is 0 Å². The van der Waals surface area contributed by atoms with E-state index in [0.717, 1.165) is 16.5 Å². The van der Waals surface area contributed by atoms with E-state index in [9.17, 15) is 9.59 Å². The van der Waals surface area contributed by atoms with Crippen LogP contribution in [0.5, 0.6) is 0 Å². The van der Waals surface area contributed by atoms with Gasteiger partial charge in [-0.15, -0.1) is 0 Å². The quantitative estimate of drug-likeness (QED) is 0.643. The lowest BCUT2D eigenvalue weighted by Gasteiger charge is -2.14. The number of nitrogens with one attached hydrogen (secondary N) is 3. The molecule has 3 rings (SSSR count). The summed E-state index contributed by atoms with van der Waals surface area (Å²) < 4.78 is 5.78. The molecule has 0 saturated carbocycles. The maximum Gasteiger partial charge on any atom is 0.319 e. The van der Waals surface area contributed by atoms with Crippen molar-refractivity contribution in [3.8, 4) is 0 Å². The lowest BCUT2D eigenvalue weighted by atomic mass is 10.2. The highest BCUT2D eigenvalue weighted by molar-refractivity contribution is 5.93. The Morgan fingerprint density at radius 3 is 2.54 bits per heavy atom.